The van der Waals surface area contributed by atoms with Gasteiger partial charge in [-0.3, -0.25) is 4.79 Å². The summed E-state index contributed by atoms with van der Waals surface area (Å²) in [4.78, 5) is 11.6. The van der Waals surface area contributed by atoms with Gasteiger partial charge in [-0.05, 0) is 23.4 Å². The van der Waals surface area contributed by atoms with E-state index in [9.17, 15) is 9.90 Å². The Morgan fingerprint density at radius 2 is 2.06 bits per heavy atom. The molecule has 2 aromatic rings. The first kappa shape index (κ1) is 12.8. The fourth-order valence-corrected chi connectivity index (χ4v) is 2.30. The van der Waals surface area contributed by atoms with E-state index >= 15 is 0 Å². The van der Waals surface area contributed by atoms with E-state index < -0.39 is 6.10 Å². The van der Waals surface area contributed by atoms with Crippen LogP contribution in [0.15, 0.2) is 47.2 Å². The van der Waals surface area contributed by atoms with Gasteiger partial charge in [-0.1, -0.05) is 30.3 Å². The maximum Gasteiger partial charge on any atom is 0.252 e. The minimum absolute atomic E-state index is 0.0866. The van der Waals surface area contributed by atoms with Crippen LogP contribution in [0, 0.1) is 0 Å². The smallest absolute Gasteiger partial charge is 0.252 e. The van der Waals surface area contributed by atoms with Crippen molar-refractivity contribution in [1.29, 1.82) is 0 Å². The molecule has 3 nitrogen and oxygen atoms in total. The molecule has 1 aromatic heterocycles. The number of aliphatic hydroxyl groups excluding tert-OH is 1. The number of hydrogen-bond acceptors (Lipinski definition) is 3. The van der Waals surface area contributed by atoms with E-state index in [4.69, 9.17) is 0 Å². The summed E-state index contributed by atoms with van der Waals surface area (Å²) in [6.07, 6.45) is -0.0196. The van der Waals surface area contributed by atoms with Crippen LogP contribution < -0.4 is 5.32 Å². The third kappa shape index (κ3) is 3.42. The molecular formula is C14H15NO2S. The standard InChI is InChI=1S/C14H15NO2S/c16-13(11-4-2-1-3-5-11)6-8-15-14(17)12-7-9-18-10-12/h1-5,7,9-10,13,16H,6,8H2,(H,15,17)/t13-/m1/s1. The molecule has 1 aromatic carbocycles. The summed E-state index contributed by atoms with van der Waals surface area (Å²) in [5.74, 6) is -0.0866. The fraction of sp³-hybridized carbons (Fsp3) is 0.214. The predicted octanol–water partition coefficient (Wildman–Crippen LogP) is 2.60. The largest absolute Gasteiger partial charge is 0.388 e. The van der Waals surface area contributed by atoms with Crippen molar-refractivity contribution in [2.45, 2.75) is 12.5 Å². The molecule has 0 radical (unpaired) electrons. The SMILES string of the molecule is O=C(NCC[C@@H](O)c1ccccc1)c1ccsc1. The van der Waals surface area contributed by atoms with Gasteiger partial charge in [-0.15, -0.1) is 0 Å². The first-order valence-corrected chi connectivity index (χ1v) is 6.75. The van der Waals surface area contributed by atoms with Crippen molar-refractivity contribution in [2.75, 3.05) is 6.54 Å². The average molecular weight is 261 g/mol. The van der Waals surface area contributed by atoms with E-state index in [0.717, 1.165) is 5.56 Å². The molecule has 2 N–H and O–H groups in total. The topological polar surface area (TPSA) is 49.3 Å². The first-order valence-electron chi connectivity index (χ1n) is 5.81. The van der Waals surface area contributed by atoms with E-state index in [0.29, 0.717) is 18.5 Å². The Labute approximate surface area is 110 Å². The number of carbonyl (C=O) groups excluding carboxylic acids is 1. The molecule has 0 aliphatic rings. The Hall–Kier alpha value is -1.65. The molecule has 0 bridgehead atoms. The first-order chi connectivity index (χ1) is 8.77. The molecule has 2 rings (SSSR count). The van der Waals surface area contributed by atoms with Crippen LogP contribution in [0.4, 0.5) is 0 Å². The van der Waals surface area contributed by atoms with Crippen molar-refractivity contribution in [2.24, 2.45) is 0 Å². The average Bonchev–Trinajstić information content (AvgIpc) is 2.93. The Morgan fingerprint density at radius 1 is 1.28 bits per heavy atom. The highest BCUT2D eigenvalue weighted by molar-refractivity contribution is 7.08. The van der Waals surface area contributed by atoms with Crippen molar-refractivity contribution in [3.8, 4) is 0 Å². The zero-order valence-electron chi connectivity index (χ0n) is 9.87. The van der Waals surface area contributed by atoms with Crippen LogP contribution in [0.2, 0.25) is 0 Å². The van der Waals surface area contributed by atoms with Crippen molar-refractivity contribution in [3.05, 3.63) is 58.3 Å². The van der Waals surface area contributed by atoms with Gasteiger partial charge in [0, 0.05) is 17.5 Å². The number of rotatable bonds is 5. The third-order valence-corrected chi connectivity index (χ3v) is 3.35. The summed E-state index contributed by atoms with van der Waals surface area (Å²) in [6.45, 7) is 0.463. The normalized spacial score (nSPS) is 12.1. The monoisotopic (exact) mass is 261 g/mol. The third-order valence-electron chi connectivity index (χ3n) is 2.67. The number of hydrogen-bond donors (Lipinski definition) is 2. The van der Waals surface area contributed by atoms with Crippen LogP contribution >= 0.6 is 11.3 Å². The molecule has 1 atom stereocenters. The van der Waals surface area contributed by atoms with Gasteiger partial charge in [0.1, 0.15) is 0 Å². The molecule has 0 fully saturated rings. The molecular weight excluding hydrogens is 246 g/mol. The van der Waals surface area contributed by atoms with E-state index in [1.54, 1.807) is 6.07 Å². The highest BCUT2D eigenvalue weighted by Gasteiger charge is 2.08. The summed E-state index contributed by atoms with van der Waals surface area (Å²) < 4.78 is 0. The fourth-order valence-electron chi connectivity index (χ4n) is 1.66. The van der Waals surface area contributed by atoms with Gasteiger partial charge in [0.2, 0.25) is 0 Å². The maximum absolute atomic E-state index is 11.6. The molecule has 0 saturated carbocycles. The van der Waals surface area contributed by atoms with Crippen LogP contribution in [0.3, 0.4) is 0 Å². The quantitative estimate of drug-likeness (QED) is 0.869. The van der Waals surface area contributed by atoms with Gasteiger partial charge in [0.25, 0.3) is 5.91 Å². The van der Waals surface area contributed by atoms with E-state index in [1.807, 2.05) is 41.1 Å². The van der Waals surface area contributed by atoms with Crippen LogP contribution in [0.25, 0.3) is 0 Å². The second-order valence-corrected chi connectivity index (χ2v) is 4.76. The van der Waals surface area contributed by atoms with Crippen LogP contribution in [-0.2, 0) is 0 Å². The van der Waals surface area contributed by atoms with Gasteiger partial charge < -0.3 is 10.4 Å². The van der Waals surface area contributed by atoms with Gasteiger partial charge in [-0.2, -0.15) is 11.3 Å². The minimum atomic E-state index is -0.533. The Kier molecular flexibility index (Phi) is 4.50. The lowest BCUT2D eigenvalue weighted by atomic mass is 10.1. The summed E-state index contributed by atoms with van der Waals surface area (Å²) in [7, 11) is 0. The van der Waals surface area contributed by atoms with Crippen molar-refractivity contribution >= 4 is 17.2 Å². The summed E-state index contributed by atoms with van der Waals surface area (Å²) in [6, 6.07) is 11.2. The number of nitrogens with one attached hydrogen (secondary N) is 1. The lowest BCUT2D eigenvalue weighted by Gasteiger charge is -2.11. The maximum atomic E-state index is 11.6. The van der Waals surface area contributed by atoms with Crippen molar-refractivity contribution in [1.82, 2.24) is 5.32 Å². The lowest BCUT2D eigenvalue weighted by molar-refractivity contribution is 0.0943. The Balaban J connectivity index is 1.77. The van der Waals surface area contributed by atoms with Gasteiger partial charge in [0.05, 0.1) is 6.10 Å². The number of benzene rings is 1. The van der Waals surface area contributed by atoms with E-state index in [1.165, 1.54) is 11.3 Å². The zero-order chi connectivity index (χ0) is 12.8. The molecule has 4 heteroatoms. The molecule has 1 amide bonds. The molecule has 1 heterocycles. The van der Waals surface area contributed by atoms with Gasteiger partial charge in [0.15, 0.2) is 0 Å². The van der Waals surface area contributed by atoms with Crippen LogP contribution in [-0.4, -0.2) is 17.6 Å². The molecule has 0 unspecified atom stereocenters. The highest BCUT2D eigenvalue weighted by atomic mass is 32.1. The molecule has 0 spiro atoms. The van der Waals surface area contributed by atoms with E-state index in [-0.39, 0.29) is 5.91 Å². The lowest BCUT2D eigenvalue weighted by Crippen LogP contribution is -2.25. The Bertz CT molecular complexity index is 482. The molecule has 94 valence electrons. The van der Waals surface area contributed by atoms with Crippen LogP contribution in [0.1, 0.15) is 28.4 Å². The zero-order valence-corrected chi connectivity index (χ0v) is 10.7. The summed E-state index contributed by atoms with van der Waals surface area (Å²) >= 11 is 1.49. The van der Waals surface area contributed by atoms with Crippen LogP contribution in [0.5, 0.6) is 0 Å². The number of amides is 1. The predicted molar refractivity (Wildman–Crippen MR) is 72.7 cm³/mol. The summed E-state index contributed by atoms with van der Waals surface area (Å²) in [5.41, 5.74) is 1.55. The highest BCUT2D eigenvalue weighted by Crippen LogP contribution is 2.15. The second kappa shape index (κ2) is 6.33. The van der Waals surface area contributed by atoms with Gasteiger partial charge >= 0.3 is 0 Å². The molecule has 18 heavy (non-hydrogen) atoms. The second-order valence-electron chi connectivity index (χ2n) is 3.98. The van der Waals surface area contributed by atoms with Crippen molar-refractivity contribution < 1.29 is 9.90 Å². The number of aliphatic hydroxyl groups is 1. The molecule has 0 aliphatic carbocycles. The number of thiophene rings is 1. The van der Waals surface area contributed by atoms with E-state index in [2.05, 4.69) is 5.32 Å². The molecule has 0 aliphatic heterocycles. The molecule has 0 saturated heterocycles. The number of carbonyl (C=O) groups is 1. The van der Waals surface area contributed by atoms with Gasteiger partial charge in [-0.25, -0.2) is 0 Å². The van der Waals surface area contributed by atoms with Crippen molar-refractivity contribution in [3.63, 3.8) is 0 Å². The minimum Gasteiger partial charge on any atom is -0.388 e. The summed E-state index contributed by atoms with van der Waals surface area (Å²) in [5, 5.41) is 16.4. The Morgan fingerprint density at radius 3 is 2.72 bits per heavy atom.